The summed E-state index contributed by atoms with van der Waals surface area (Å²) < 4.78 is 0. The Morgan fingerprint density at radius 2 is 0.808 bits per heavy atom. The van der Waals surface area contributed by atoms with Gasteiger partial charge in [0.2, 0.25) is 0 Å². The predicted molar refractivity (Wildman–Crippen MR) is 212 cm³/mol. The minimum Gasteiger partial charge on any atom is -0.208 e. The fourth-order valence-corrected chi connectivity index (χ4v) is 7.05. The quantitative estimate of drug-likeness (QED) is 0.178. The number of benzene rings is 8. The Bertz CT molecular complexity index is 2710. The maximum atomic E-state index is 9.46. The van der Waals surface area contributed by atoms with E-state index in [-0.39, 0.29) is 0 Å². The average molecular weight is 663 g/mol. The van der Waals surface area contributed by atoms with Crippen LogP contribution in [-0.2, 0) is 0 Å². The van der Waals surface area contributed by atoms with Crippen molar-refractivity contribution in [1.29, 1.82) is 5.26 Å². The average Bonchev–Trinajstić information content (AvgIpc) is 3.23. The summed E-state index contributed by atoms with van der Waals surface area (Å²) in [5.41, 5.74) is 10.3. The largest absolute Gasteiger partial charge is 0.208 e. The molecule has 52 heavy (non-hydrogen) atoms. The highest BCUT2D eigenvalue weighted by molar-refractivity contribution is 6.11. The molecule has 9 aromatic rings. The monoisotopic (exact) mass is 662 g/mol. The van der Waals surface area contributed by atoms with Gasteiger partial charge in [0.1, 0.15) is 0 Å². The molecule has 0 atom stereocenters. The van der Waals surface area contributed by atoms with Crippen LogP contribution in [0.25, 0.3) is 89.1 Å². The Hall–Kier alpha value is -7.22. The van der Waals surface area contributed by atoms with Crippen molar-refractivity contribution in [3.8, 4) is 73.6 Å². The Morgan fingerprint density at radius 1 is 0.327 bits per heavy atom. The molecule has 0 N–H and O–H groups in total. The summed E-state index contributed by atoms with van der Waals surface area (Å²) in [5.74, 6) is 1.92. The van der Waals surface area contributed by atoms with Crippen molar-refractivity contribution in [2.45, 2.75) is 0 Å². The molecule has 0 saturated heterocycles. The van der Waals surface area contributed by atoms with E-state index in [0.717, 1.165) is 50.1 Å². The molecule has 0 fully saturated rings. The Balaban J connectivity index is 1.15. The highest BCUT2D eigenvalue weighted by Crippen LogP contribution is 2.42. The molecule has 9 rings (SSSR count). The molecule has 0 saturated carbocycles. The molecule has 0 aliphatic heterocycles. The number of fused-ring (bicyclic) bond motifs is 2. The third-order valence-corrected chi connectivity index (χ3v) is 9.60. The van der Waals surface area contributed by atoms with E-state index in [4.69, 9.17) is 15.0 Å². The molecule has 1 aromatic heterocycles. The van der Waals surface area contributed by atoms with Crippen molar-refractivity contribution < 1.29 is 0 Å². The van der Waals surface area contributed by atoms with Crippen LogP contribution in [0.5, 0.6) is 0 Å². The lowest BCUT2D eigenvalue weighted by Gasteiger charge is -2.17. The number of hydrogen-bond donors (Lipinski definition) is 0. The van der Waals surface area contributed by atoms with E-state index < -0.39 is 0 Å². The summed E-state index contributed by atoms with van der Waals surface area (Å²) in [6.45, 7) is 0. The highest BCUT2D eigenvalue weighted by atomic mass is 15.0. The van der Waals surface area contributed by atoms with Gasteiger partial charge >= 0.3 is 0 Å². The minimum absolute atomic E-state index is 0.631. The molecule has 4 heteroatoms. The van der Waals surface area contributed by atoms with Crippen molar-refractivity contribution >= 4 is 21.5 Å². The van der Waals surface area contributed by atoms with E-state index in [1.807, 2.05) is 72.8 Å². The molecule has 0 spiro atoms. The van der Waals surface area contributed by atoms with Gasteiger partial charge < -0.3 is 0 Å². The van der Waals surface area contributed by atoms with Crippen LogP contribution in [0.4, 0.5) is 0 Å². The summed E-state index contributed by atoms with van der Waals surface area (Å²) in [6, 6.07) is 64.8. The Kier molecular flexibility index (Phi) is 7.85. The lowest BCUT2D eigenvalue weighted by atomic mass is 9.86. The molecular weight excluding hydrogens is 633 g/mol. The summed E-state index contributed by atoms with van der Waals surface area (Å²) >= 11 is 0. The van der Waals surface area contributed by atoms with Crippen molar-refractivity contribution in [2.24, 2.45) is 0 Å². The van der Waals surface area contributed by atoms with E-state index >= 15 is 0 Å². The first-order valence-corrected chi connectivity index (χ1v) is 17.3. The van der Waals surface area contributed by atoms with Crippen LogP contribution >= 0.6 is 0 Å². The summed E-state index contributed by atoms with van der Waals surface area (Å²) in [5, 5.41) is 14.2. The first-order valence-electron chi connectivity index (χ1n) is 17.3. The van der Waals surface area contributed by atoms with Crippen LogP contribution in [0, 0.1) is 11.3 Å². The maximum Gasteiger partial charge on any atom is 0.164 e. The van der Waals surface area contributed by atoms with Gasteiger partial charge in [0.05, 0.1) is 11.6 Å². The van der Waals surface area contributed by atoms with Gasteiger partial charge in [-0.05, 0) is 67.1 Å². The second kappa shape index (κ2) is 13.2. The minimum atomic E-state index is 0.631. The van der Waals surface area contributed by atoms with Gasteiger partial charge in [0.25, 0.3) is 0 Å². The lowest BCUT2D eigenvalue weighted by Crippen LogP contribution is -2.00. The zero-order valence-corrected chi connectivity index (χ0v) is 28.1. The molecular formula is C48H30N4. The van der Waals surface area contributed by atoms with Crippen LogP contribution in [-0.4, -0.2) is 15.0 Å². The number of hydrogen-bond acceptors (Lipinski definition) is 4. The molecule has 0 bridgehead atoms. The Morgan fingerprint density at radius 3 is 1.42 bits per heavy atom. The van der Waals surface area contributed by atoms with Gasteiger partial charge in [0.15, 0.2) is 17.5 Å². The van der Waals surface area contributed by atoms with Crippen molar-refractivity contribution in [2.75, 3.05) is 0 Å². The van der Waals surface area contributed by atoms with Gasteiger partial charge in [-0.3, -0.25) is 0 Å². The summed E-state index contributed by atoms with van der Waals surface area (Å²) in [7, 11) is 0. The van der Waals surface area contributed by atoms with Crippen molar-refractivity contribution in [3.05, 3.63) is 188 Å². The Labute approximate surface area is 302 Å². The smallest absolute Gasteiger partial charge is 0.164 e. The van der Waals surface area contributed by atoms with Crippen LogP contribution in [0.3, 0.4) is 0 Å². The number of rotatable bonds is 6. The van der Waals surface area contributed by atoms with E-state index in [1.54, 1.807) is 0 Å². The first-order chi connectivity index (χ1) is 25.7. The third kappa shape index (κ3) is 5.67. The summed E-state index contributed by atoms with van der Waals surface area (Å²) in [4.78, 5) is 14.7. The van der Waals surface area contributed by atoms with Gasteiger partial charge in [0, 0.05) is 16.7 Å². The third-order valence-electron chi connectivity index (χ3n) is 9.60. The van der Waals surface area contributed by atoms with E-state index in [2.05, 4.69) is 115 Å². The number of aromatic nitrogens is 3. The molecule has 0 amide bonds. The second-order valence-corrected chi connectivity index (χ2v) is 12.7. The zero-order valence-electron chi connectivity index (χ0n) is 28.1. The van der Waals surface area contributed by atoms with E-state index in [0.29, 0.717) is 23.0 Å². The predicted octanol–water partition coefficient (Wildman–Crippen LogP) is 12.1. The van der Waals surface area contributed by atoms with Crippen LogP contribution < -0.4 is 0 Å². The van der Waals surface area contributed by atoms with E-state index in [1.165, 1.54) is 21.5 Å². The fourth-order valence-electron chi connectivity index (χ4n) is 7.05. The molecule has 0 aliphatic carbocycles. The normalized spacial score (nSPS) is 11.1. The van der Waals surface area contributed by atoms with Crippen molar-refractivity contribution in [1.82, 2.24) is 15.0 Å². The SMILES string of the molecule is N#Cc1ccc(-c2c(-c3cccc4c(-c5ccc(-c6nc(-c7ccccc7)nc(-c7ccccc7)n6)cc5)cccc34)ccc3ccccc23)cc1. The molecule has 0 unspecified atom stereocenters. The zero-order chi connectivity index (χ0) is 34.9. The number of nitrogens with zero attached hydrogens (tertiary/aromatic N) is 4. The van der Waals surface area contributed by atoms with Crippen LogP contribution in [0.15, 0.2) is 182 Å². The molecule has 0 radical (unpaired) electrons. The standard InChI is InChI=1S/C48H30N4/c49-31-32-21-23-35(24-22-32)45-40-16-8-7-11-33(40)29-30-44(45)43-20-10-18-41-39(17-9-19-42(41)43)34-25-27-38(28-26-34)48-51-46(36-12-3-1-4-13-36)50-47(52-48)37-14-5-2-6-15-37/h1-30H. The number of nitriles is 1. The molecule has 0 aliphatic rings. The second-order valence-electron chi connectivity index (χ2n) is 12.7. The molecule has 242 valence electrons. The summed E-state index contributed by atoms with van der Waals surface area (Å²) in [6.07, 6.45) is 0. The fraction of sp³-hybridized carbons (Fsp3) is 0. The molecule has 4 nitrogen and oxygen atoms in total. The van der Waals surface area contributed by atoms with Gasteiger partial charge in [-0.25, -0.2) is 15.0 Å². The van der Waals surface area contributed by atoms with Gasteiger partial charge in [-0.2, -0.15) is 5.26 Å². The molecule has 1 heterocycles. The highest BCUT2D eigenvalue weighted by Gasteiger charge is 2.17. The first kappa shape index (κ1) is 30.8. The lowest BCUT2D eigenvalue weighted by molar-refractivity contribution is 1.07. The molecule has 8 aromatic carbocycles. The van der Waals surface area contributed by atoms with Crippen molar-refractivity contribution in [3.63, 3.8) is 0 Å². The van der Waals surface area contributed by atoms with Gasteiger partial charge in [-0.15, -0.1) is 0 Å². The topological polar surface area (TPSA) is 62.5 Å². The maximum absolute atomic E-state index is 9.46. The van der Waals surface area contributed by atoms with Crippen LogP contribution in [0.1, 0.15) is 5.56 Å². The van der Waals surface area contributed by atoms with E-state index in [9.17, 15) is 5.26 Å². The van der Waals surface area contributed by atoms with Gasteiger partial charge in [-0.1, -0.05) is 170 Å². The van der Waals surface area contributed by atoms with Crippen LogP contribution in [0.2, 0.25) is 0 Å².